The van der Waals surface area contributed by atoms with Gasteiger partial charge in [-0.05, 0) is 54.5 Å². The quantitative estimate of drug-likeness (QED) is 0.261. The van der Waals surface area contributed by atoms with Gasteiger partial charge in [0.25, 0.3) is 5.24 Å². The van der Waals surface area contributed by atoms with Crippen molar-refractivity contribution in [2.45, 2.75) is 26.2 Å². The number of thioether (sulfide) groups is 1. The van der Waals surface area contributed by atoms with Crippen molar-refractivity contribution in [2.24, 2.45) is 5.92 Å². The highest BCUT2D eigenvalue weighted by Crippen LogP contribution is 2.23. The molecule has 0 saturated carbocycles. The molecular formula is C27H29N3O3S3. The summed E-state index contributed by atoms with van der Waals surface area (Å²) in [5.41, 5.74) is 4.87. The predicted octanol–water partition coefficient (Wildman–Crippen LogP) is 5.59. The molecular weight excluding hydrogens is 511 g/mol. The molecule has 1 aliphatic rings. The van der Waals surface area contributed by atoms with Crippen LogP contribution >= 0.6 is 34.4 Å². The summed E-state index contributed by atoms with van der Waals surface area (Å²) in [6.07, 6.45) is 2.68. The highest BCUT2D eigenvalue weighted by Gasteiger charge is 2.27. The van der Waals surface area contributed by atoms with Gasteiger partial charge in [0.15, 0.2) is 0 Å². The Kier molecular flexibility index (Phi) is 9.59. The summed E-state index contributed by atoms with van der Waals surface area (Å²) < 4.78 is 4.80. The van der Waals surface area contributed by atoms with Crippen LogP contribution in [0.4, 0.5) is 4.79 Å². The van der Waals surface area contributed by atoms with Crippen LogP contribution < -0.4 is 0 Å². The molecule has 0 unspecified atom stereocenters. The van der Waals surface area contributed by atoms with Crippen molar-refractivity contribution in [3.05, 3.63) is 73.9 Å². The van der Waals surface area contributed by atoms with E-state index in [1.165, 1.54) is 35.8 Å². The molecule has 188 valence electrons. The molecule has 0 bridgehead atoms. The average molecular weight is 540 g/mol. The Morgan fingerprint density at radius 3 is 2.92 bits per heavy atom. The molecule has 1 aromatic carbocycles. The van der Waals surface area contributed by atoms with E-state index in [1.54, 1.807) is 22.9 Å². The maximum absolute atomic E-state index is 12.7. The number of aromatic nitrogens is 1. The molecule has 4 rings (SSSR count). The molecule has 0 N–H and O–H groups in total. The fourth-order valence-corrected chi connectivity index (χ4v) is 6.24. The molecule has 3 heterocycles. The second kappa shape index (κ2) is 13.1. The Morgan fingerprint density at radius 2 is 2.11 bits per heavy atom. The van der Waals surface area contributed by atoms with Gasteiger partial charge in [-0.1, -0.05) is 36.7 Å². The van der Waals surface area contributed by atoms with Crippen molar-refractivity contribution in [1.82, 2.24) is 15.0 Å². The standard InChI is InChI=1S/C27H29N3O3S3/c1-20(16-22-5-3-4-21(17-22)6-7-23-18-34-19-28-23)10-12-29-14-15-35-27(32)30(29)13-11-24-8-9-25(36-24)26(31)33-2/h3-5,8-9,17-20H,10-16H2,1-2H3/t20-/m1/s1. The van der Waals surface area contributed by atoms with Gasteiger partial charge in [-0.2, -0.15) is 0 Å². The summed E-state index contributed by atoms with van der Waals surface area (Å²) in [7, 11) is 1.39. The summed E-state index contributed by atoms with van der Waals surface area (Å²) in [4.78, 5) is 30.3. The summed E-state index contributed by atoms with van der Waals surface area (Å²) in [5.74, 6) is 7.29. The predicted molar refractivity (Wildman–Crippen MR) is 148 cm³/mol. The molecule has 1 amide bonds. The number of carbonyl (C=O) groups is 2. The van der Waals surface area contributed by atoms with E-state index in [-0.39, 0.29) is 11.2 Å². The van der Waals surface area contributed by atoms with Crippen LogP contribution in [-0.4, -0.2) is 58.7 Å². The van der Waals surface area contributed by atoms with Gasteiger partial charge in [0.1, 0.15) is 10.6 Å². The Hall–Kier alpha value is -2.64. The van der Waals surface area contributed by atoms with Gasteiger partial charge in [-0.15, -0.1) is 22.7 Å². The topological polar surface area (TPSA) is 62.7 Å². The number of rotatable bonds is 9. The molecule has 0 spiro atoms. The minimum atomic E-state index is -0.316. The third-order valence-electron chi connectivity index (χ3n) is 5.90. The molecule has 9 heteroatoms. The molecule has 1 aliphatic heterocycles. The first kappa shape index (κ1) is 26.4. The van der Waals surface area contributed by atoms with Gasteiger partial charge in [-0.25, -0.2) is 14.8 Å². The van der Waals surface area contributed by atoms with Crippen LogP contribution in [0.15, 0.2) is 47.3 Å². The molecule has 0 aliphatic carbocycles. The number of esters is 1. The highest BCUT2D eigenvalue weighted by atomic mass is 32.2. The number of benzene rings is 1. The van der Waals surface area contributed by atoms with E-state index in [4.69, 9.17) is 4.74 Å². The zero-order valence-corrected chi connectivity index (χ0v) is 22.9. The number of methoxy groups -OCH3 is 1. The summed E-state index contributed by atoms with van der Waals surface area (Å²) in [6, 6.07) is 12.1. The molecule has 36 heavy (non-hydrogen) atoms. The van der Waals surface area contributed by atoms with Crippen LogP contribution in [0.3, 0.4) is 0 Å². The van der Waals surface area contributed by atoms with Gasteiger partial charge in [0.2, 0.25) is 0 Å². The van der Waals surface area contributed by atoms with E-state index >= 15 is 0 Å². The van der Waals surface area contributed by atoms with Gasteiger partial charge in [0.05, 0.1) is 12.6 Å². The normalized spacial score (nSPS) is 14.8. The Labute approximate surface area is 224 Å². The number of hydrogen-bond acceptors (Lipinski definition) is 8. The lowest BCUT2D eigenvalue weighted by atomic mass is 9.97. The summed E-state index contributed by atoms with van der Waals surface area (Å²) in [5, 5.41) is 6.13. The lowest BCUT2D eigenvalue weighted by Crippen LogP contribution is -2.50. The Bertz CT molecular complexity index is 1230. The van der Waals surface area contributed by atoms with E-state index in [1.807, 2.05) is 22.5 Å². The summed E-state index contributed by atoms with van der Waals surface area (Å²) >= 11 is 4.36. The van der Waals surface area contributed by atoms with Gasteiger partial charge in [-0.3, -0.25) is 9.80 Å². The van der Waals surface area contributed by atoms with Crippen LogP contribution in [-0.2, 0) is 17.6 Å². The number of nitrogens with zero attached hydrogens (tertiary/aromatic N) is 3. The third-order valence-corrected chi connectivity index (χ3v) is 8.46. The zero-order chi connectivity index (χ0) is 25.3. The van der Waals surface area contributed by atoms with E-state index in [0.29, 0.717) is 17.3 Å². The monoisotopic (exact) mass is 539 g/mol. The second-order valence-electron chi connectivity index (χ2n) is 8.62. The third kappa shape index (κ3) is 7.43. The summed E-state index contributed by atoms with van der Waals surface area (Å²) in [6.45, 7) is 4.58. The molecule has 1 atom stereocenters. The number of hydrazine groups is 1. The lowest BCUT2D eigenvalue weighted by Gasteiger charge is -2.38. The number of carbonyl (C=O) groups excluding carboxylic acids is 2. The number of thiophene rings is 1. The highest BCUT2D eigenvalue weighted by molar-refractivity contribution is 8.13. The van der Waals surface area contributed by atoms with Crippen LogP contribution in [0, 0.1) is 17.8 Å². The van der Waals surface area contributed by atoms with E-state index < -0.39 is 0 Å². The average Bonchev–Trinajstić information content (AvgIpc) is 3.58. The molecule has 6 nitrogen and oxygen atoms in total. The molecule has 1 saturated heterocycles. The van der Waals surface area contributed by atoms with Crippen LogP contribution in [0.1, 0.15) is 44.7 Å². The Balaban J connectivity index is 1.30. The molecule has 1 fully saturated rings. The molecule has 3 aromatic rings. The largest absolute Gasteiger partial charge is 0.465 e. The SMILES string of the molecule is COC(=O)c1ccc(CCN2C(=O)SCCN2CC[C@@H](C)Cc2cccc(C#Cc3cscn3)c2)s1. The minimum Gasteiger partial charge on any atom is -0.465 e. The van der Waals surface area contributed by atoms with E-state index in [2.05, 4.69) is 47.0 Å². The number of hydrogen-bond donors (Lipinski definition) is 0. The first-order valence-corrected chi connectivity index (χ1v) is 14.6. The van der Waals surface area contributed by atoms with Crippen molar-refractivity contribution in [1.29, 1.82) is 0 Å². The molecule has 2 aromatic heterocycles. The van der Waals surface area contributed by atoms with Crippen molar-refractivity contribution in [2.75, 3.05) is 32.5 Å². The van der Waals surface area contributed by atoms with Gasteiger partial charge < -0.3 is 4.74 Å². The lowest BCUT2D eigenvalue weighted by molar-refractivity contribution is 0.0241. The maximum Gasteiger partial charge on any atom is 0.348 e. The fraction of sp³-hybridized carbons (Fsp3) is 0.370. The number of ether oxygens (including phenoxy) is 1. The van der Waals surface area contributed by atoms with Gasteiger partial charge >= 0.3 is 5.97 Å². The van der Waals surface area contributed by atoms with Crippen molar-refractivity contribution >= 4 is 45.6 Å². The Morgan fingerprint density at radius 1 is 1.22 bits per heavy atom. The van der Waals surface area contributed by atoms with E-state index in [0.717, 1.165) is 54.2 Å². The van der Waals surface area contributed by atoms with Crippen molar-refractivity contribution < 1.29 is 14.3 Å². The maximum atomic E-state index is 12.7. The van der Waals surface area contributed by atoms with Gasteiger partial charge in [0, 0.05) is 47.6 Å². The molecule has 0 radical (unpaired) electrons. The zero-order valence-electron chi connectivity index (χ0n) is 20.4. The number of amides is 1. The van der Waals surface area contributed by atoms with Crippen molar-refractivity contribution in [3.63, 3.8) is 0 Å². The second-order valence-corrected chi connectivity index (χ2v) is 11.6. The number of thiazole rings is 1. The van der Waals surface area contributed by atoms with Crippen LogP contribution in [0.2, 0.25) is 0 Å². The van der Waals surface area contributed by atoms with Crippen molar-refractivity contribution in [3.8, 4) is 11.8 Å². The van der Waals surface area contributed by atoms with Crippen LogP contribution in [0.25, 0.3) is 0 Å². The first-order chi connectivity index (χ1) is 17.5. The van der Waals surface area contributed by atoms with Crippen LogP contribution in [0.5, 0.6) is 0 Å². The minimum absolute atomic E-state index is 0.102. The smallest absolute Gasteiger partial charge is 0.348 e. The first-order valence-electron chi connectivity index (χ1n) is 11.9. The fourth-order valence-electron chi connectivity index (χ4n) is 4.01. The van der Waals surface area contributed by atoms with E-state index in [9.17, 15) is 9.59 Å².